The number of aliphatic hydroxyl groups is 1. The molecule has 1 saturated heterocycles. The topological polar surface area (TPSA) is 122 Å². The molecular formula is C31H29F3N4O6. The van der Waals surface area contributed by atoms with Crippen molar-refractivity contribution in [3.05, 3.63) is 98.7 Å². The minimum absolute atomic E-state index is 0.0662. The van der Waals surface area contributed by atoms with Crippen LogP contribution in [0, 0.1) is 17.5 Å². The number of aliphatic hydroxyl groups excluding tert-OH is 1. The average molecular weight is 611 g/mol. The summed E-state index contributed by atoms with van der Waals surface area (Å²) in [7, 11) is 0. The summed E-state index contributed by atoms with van der Waals surface area (Å²) >= 11 is 0. The van der Waals surface area contributed by atoms with E-state index in [1.807, 2.05) is 13.0 Å². The zero-order valence-electron chi connectivity index (χ0n) is 23.7. The summed E-state index contributed by atoms with van der Waals surface area (Å²) in [6.45, 7) is 0.985. The van der Waals surface area contributed by atoms with Crippen molar-refractivity contribution in [1.82, 2.24) is 14.8 Å². The number of rotatable bonds is 7. The van der Waals surface area contributed by atoms with Gasteiger partial charge in [-0.1, -0.05) is 35.5 Å². The molecule has 0 unspecified atom stereocenters. The van der Waals surface area contributed by atoms with E-state index in [0.29, 0.717) is 36.2 Å². The summed E-state index contributed by atoms with van der Waals surface area (Å²) in [5.41, 5.74) is -1.84. The number of aromatic nitrogens is 1. The van der Waals surface area contributed by atoms with Gasteiger partial charge in [0, 0.05) is 49.4 Å². The Labute approximate surface area is 249 Å². The molecule has 3 aromatic rings. The molecule has 2 bridgehead atoms. The summed E-state index contributed by atoms with van der Waals surface area (Å²) < 4.78 is 49.4. The molecule has 2 amide bonds. The first-order chi connectivity index (χ1) is 21.1. The first kappa shape index (κ1) is 29.4. The van der Waals surface area contributed by atoms with E-state index in [2.05, 4.69) is 10.5 Å². The van der Waals surface area contributed by atoms with Crippen molar-refractivity contribution in [2.24, 2.45) is 5.16 Å². The van der Waals surface area contributed by atoms with Crippen molar-refractivity contribution >= 4 is 17.5 Å². The second-order valence-electron chi connectivity index (χ2n) is 11.3. The molecule has 0 radical (unpaired) electrons. The van der Waals surface area contributed by atoms with Crippen molar-refractivity contribution in [1.29, 1.82) is 0 Å². The van der Waals surface area contributed by atoms with Crippen LogP contribution in [0.2, 0.25) is 0 Å². The fourth-order valence-electron chi connectivity index (χ4n) is 6.12. The number of nitrogens with one attached hydrogen (secondary N) is 1. The lowest BCUT2D eigenvalue weighted by Crippen LogP contribution is -2.52. The van der Waals surface area contributed by atoms with E-state index in [1.54, 1.807) is 29.2 Å². The molecule has 1 fully saturated rings. The molecular weight excluding hydrogens is 581 g/mol. The molecule has 44 heavy (non-hydrogen) atoms. The Morgan fingerprint density at radius 2 is 1.91 bits per heavy atom. The Morgan fingerprint density at radius 1 is 1.18 bits per heavy atom. The minimum atomic E-state index is -1.20. The highest BCUT2D eigenvalue weighted by Crippen LogP contribution is 2.46. The maximum absolute atomic E-state index is 14.3. The second kappa shape index (κ2) is 11.5. The molecule has 0 aliphatic carbocycles. The molecule has 13 heteroatoms. The monoisotopic (exact) mass is 610 g/mol. The third-order valence-electron chi connectivity index (χ3n) is 8.53. The van der Waals surface area contributed by atoms with E-state index in [4.69, 9.17) is 9.57 Å². The summed E-state index contributed by atoms with van der Waals surface area (Å²) in [6.07, 6.45) is 2.51. The number of amides is 2. The number of nitrogens with zero attached hydrogens (tertiary/aromatic N) is 3. The van der Waals surface area contributed by atoms with Gasteiger partial charge in [-0.2, -0.15) is 0 Å². The molecule has 0 saturated carbocycles. The molecule has 230 valence electrons. The van der Waals surface area contributed by atoms with Gasteiger partial charge in [0.1, 0.15) is 29.6 Å². The highest BCUT2D eigenvalue weighted by molar-refractivity contribution is 5.99. The first-order valence-electron chi connectivity index (χ1n) is 14.1. The fourth-order valence-corrected chi connectivity index (χ4v) is 6.12. The van der Waals surface area contributed by atoms with Gasteiger partial charge in [0.25, 0.3) is 11.8 Å². The molecule has 3 aliphatic rings. The van der Waals surface area contributed by atoms with Gasteiger partial charge >= 0.3 is 0 Å². The second-order valence-corrected chi connectivity index (χ2v) is 11.3. The van der Waals surface area contributed by atoms with Crippen LogP contribution < -0.4 is 15.5 Å². The highest BCUT2D eigenvalue weighted by atomic mass is 19.1. The lowest BCUT2D eigenvalue weighted by Gasteiger charge is -2.42. The molecule has 10 nitrogen and oxygen atoms in total. The minimum Gasteiger partial charge on any atom is -0.483 e. The third kappa shape index (κ3) is 5.10. The van der Waals surface area contributed by atoms with Crippen LogP contribution in [-0.2, 0) is 18.0 Å². The Morgan fingerprint density at radius 3 is 2.59 bits per heavy atom. The van der Waals surface area contributed by atoms with Crippen LogP contribution in [-0.4, -0.2) is 56.9 Å². The Balaban J connectivity index is 1.45. The van der Waals surface area contributed by atoms with Crippen LogP contribution in [0.15, 0.2) is 58.6 Å². The van der Waals surface area contributed by atoms with Gasteiger partial charge in [-0.3, -0.25) is 14.4 Å². The van der Waals surface area contributed by atoms with Gasteiger partial charge in [0.15, 0.2) is 17.0 Å². The maximum atomic E-state index is 14.3. The highest BCUT2D eigenvalue weighted by Gasteiger charge is 2.54. The lowest BCUT2D eigenvalue weighted by molar-refractivity contribution is -0.0656. The van der Waals surface area contributed by atoms with E-state index < -0.39 is 64.0 Å². The number of halogens is 3. The van der Waals surface area contributed by atoms with Gasteiger partial charge in [-0.25, -0.2) is 13.2 Å². The zero-order chi connectivity index (χ0) is 31.2. The van der Waals surface area contributed by atoms with Gasteiger partial charge in [-0.15, -0.1) is 0 Å². The van der Waals surface area contributed by atoms with E-state index in [-0.39, 0.29) is 43.7 Å². The van der Waals surface area contributed by atoms with Gasteiger partial charge < -0.3 is 29.5 Å². The molecule has 4 heterocycles. The normalized spacial score (nSPS) is 22.2. The zero-order valence-corrected chi connectivity index (χ0v) is 23.7. The lowest BCUT2D eigenvalue weighted by atomic mass is 9.84. The number of hydrogen-bond donors (Lipinski definition) is 2. The first-order valence-corrected chi connectivity index (χ1v) is 14.1. The SMILES string of the molecule is C[C@H]1CC[C@]2(CC(CO)=NO2)[C@H]2CN1C(=O)c1c(OCc3ccccc3)c(=O)c(C(=O)NCc3c(F)cc(F)cc3F)cn12. The van der Waals surface area contributed by atoms with Crippen LogP contribution in [0.1, 0.15) is 64.2 Å². The van der Waals surface area contributed by atoms with Crippen molar-refractivity contribution in [3.63, 3.8) is 0 Å². The molecule has 3 aliphatic heterocycles. The van der Waals surface area contributed by atoms with E-state index in [0.717, 1.165) is 0 Å². The van der Waals surface area contributed by atoms with Crippen LogP contribution in [0.4, 0.5) is 13.2 Å². The Bertz CT molecular complexity index is 1710. The van der Waals surface area contributed by atoms with E-state index in [9.17, 15) is 32.7 Å². The van der Waals surface area contributed by atoms with E-state index >= 15 is 0 Å². The maximum Gasteiger partial charge on any atom is 0.274 e. The van der Waals surface area contributed by atoms with Crippen LogP contribution in [0.5, 0.6) is 5.75 Å². The predicted octanol–water partition coefficient (Wildman–Crippen LogP) is 3.46. The summed E-state index contributed by atoms with van der Waals surface area (Å²) in [4.78, 5) is 48.9. The number of pyridine rings is 1. The standard InChI is InChI=1S/C31H29F3N4O6/c1-17-7-8-31(11-20(15-39)36-44-31)25-14-37(17)30(42)26-28(43-16-18-5-3-2-4-6-18)27(40)22(13-38(25)26)29(41)35-12-21-23(33)9-19(32)10-24(21)34/h2-6,9-10,13,17,25,39H,7-8,11-12,14-16H2,1H3,(H,35,41)/t17-,25+,31-/m0/s1. The van der Waals surface area contributed by atoms with E-state index in [1.165, 1.54) is 10.8 Å². The Kier molecular flexibility index (Phi) is 7.66. The summed E-state index contributed by atoms with van der Waals surface area (Å²) in [5.74, 6) is -5.31. The van der Waals surface area contributed by atoms with Crippen molar-refractivity contribution in [2.45, 2.75) is 57.0 Å². The van der Waals surface area contributed by atoms with Crippen molar-refractivity contribution in [2.75, 3.05) is 13.2 Å². The number of oxime groups is 1. The van der Waals surface area contributed by atoms with Crippen molar-refractivity contribution < 1.29 is 37.4 Å². The number of fused-ring (bicyclic) bond motifs is 5. The Hall–Kier alpha value is -4.65. The largest absolute Gasteiger partial charge is 0.483 e. The number of carbonyl (C=O) groups is 2. The quantitative estimate of drug-likeness (QED) is 0.423. The fraction of sp³-hybridized carbons (Fsp3) is 0.355. The van der Waals surface area contributed by atoms with Gasteiger partial charge in [-0.05, 0) is 25.3 Å². The summed E-state index contributed by atoms with van der Waals surface area (Å²) in [6, 6.07) is 9.04. The third-order valence-corrected chi connectivity index (χ3v) is 8.53. The van der Waals surface area contributed by atoms with Gasteiger partial charge in [0.2, 0.25) is 5.43 Å². The van der Waals surface area contributed by atoms with Crippen molar-refractivity contribution in [3.8, 4) is 5.75 Å². The van der Waals surface area contributed by atoms with Crippen LogP contribution in [0.3, 0.4) is 0 Å². The molecule has 6 rings (SSSR count). The van der Waals surface area contributed by atoms with Crippen LogP contribution >= 0.6 is 0 Å². The van der Waals surface area contributed by atoms with Crippen LogP contribution in [0.25, 0.3) is 0 Å². The molecule has 1 aromatic heterocycles. The summed E-state index contributed by atoms with van der Waals surface area (Å²) in [5, 5.41) is 16.2. The number of benzene rings is 2. The molecule has 2 aromatic carbocycles. The molecule has 3 atom stereocenters. The number of carbonyl (C=O) groups excluding carboxylic acids is 2. The number of ether oxygens (including phenoxy) is 1. The average Bonchev–Trinajstić information content (AvgIpc) is 3.38. The van der Waals surface area contributed by atoms with Gasteiger partial charge in [0.05, 0.1) is 18.4 Å². The predicted molar refractivity (Wildman–Crippen MR) is 151 cm³/mol. The molecule has 2 N–H and O–H groups in total. The smallest absolute Gasteiger partial charge is 0.274 e. The number of hydrogen-bond acceptors (Lipinski definition) is 7. The molecule has 1 spiro atoms.